The summed E-state index contributed by atoms with van der Waals surface area (Å²) in [4.78, 5) is 59.7. The van der Waals surface area contributed by atoms with Crippen LogP contribution in [0.5, 0.6) is 0 Å². The van der Waals surface area contributed by atoms with Gasteiger partial charge in [0.2, 0.25) is 6.04 Å². The fourth-order valence-corrected chi connectivity index (χ4v) is 2.08. The molecule has 0 bridgehead atoms. The van der Waals surface area contributed by atoms with Crippen molar-refractivity contribution >= 4 is 24.1 Å². The number of esters is 2. The topological polar surface area (TPSA) is 152 Å². The molecule has 30 heavy (non-hydrogen) atoms. The lowest BCUT2D eigenvalue weighted by molar-refractivity contribution is -0.527. The fraction of sp³-hybridized carbons (Fsp3) is 0.778. The number of hydrogen-bond donors (Lipinski definition) is 0. The van der Waals surface area contributed by atoms with Crippen LogP contribution in [0.4, 0.5) is 9.59 Å². The van der Waals surface area contributed by atoms with Gasteiger partial charge in [0.05, 0.1) is 13.5 Å². The summed E-state index contributed by atoms with van der Waals surface area (Å²) < 4.78 is 19.6. The molecular formula is C18H30N2O10. The lowest BCUT2D eigenvalue weighted by Gasteiger charge is -2.32. The number of methoxy groups -OCH3 is 1. The third-order valence-electron chi connectivity index (χ3n) is 3.24. The Morgan fingerprint density at radius 2 is 1.40 bits per heavy atom. The minimum Gasteiger partial charge on any atom is -0.467 e. The summed E-state index contributed by atoms with van der Waals surface area (Å²) in [6, 6.07) is -3.36. The third-order valence-corrected chi connectivity index (χ3v) is 3.24. The van der Waals surface area contributed by atoms with Crippen LogP contribution in [0.1, 0.15) is 54.9 Å². The van der Waals surface area contributed by atoms with Crippen molar-refractivity contribution in [3.8, 4) is 0 Å². The van der Waals surface area contributed by atoms with Crippen molar-refractivity contribution in [2.24, 2.45) is 0 Å². The van der Waals surface area contributed by atoms with Crippen molar-refractivity contribution < 1.29 is 43.0 Å². The molecule has 12 nitrogen and oxygen atoms in total. The van der Waals surface area contributed by atoms with Crippen molar-refractivity contribution in [2.45, 2.75) is 78.2 Å². The molecule has 0 aliphatic heterocycles. The van der Waals surface area contributed by atoms with Gasteiger partial charge >= 0.3 is 24.1 Å². The van der Waals surface area contributed by atoms with Gasteiger partial charge in [-0.1, -0.05) is 0 Å². The van der Waals surface area contributed by atoms with Crippen LogP contribution in [-0.4, -0.2) is 71.0 Å². The molecule has 0 aliphatic rings. The van der Waals surface area contributed by atoms with E-state index in [1.54, 1.807) is 0 Å². The first kappa shape index (κ1) is 27.1. The van der Waals surface area contributed by atoms with Gasteiger partial charge in [0.1, 0.15) is 11.2 Å². The average Bonchev–Trinajstić information content (AvgIpc) is 2.52. The average molecular weight is 434 g/mol. The number of nitro groups is 1. The van der Waals surface area contributed by atoms with Crippen LogP contribution in [0.3, 0.4) is 0 Å². The minimum atomic E-state index is -1.76. The Morgan fingerprint density at radius 1 is 0.967 bits per heavy atom. The van der Waals surface area contributed by atoms with Gasteiger partial charge in [-0.3, -0.25) is 14.9 Å². The molecule has 0 spiro atoms. The summed E-state index contributed by atoms with van der Waals surface area (Å²) in [5, 5.41) is 11.4. The highest BCUT2D eigenvalue weighted by atomic mass is 16.6. The third kappa shape index (κ3) is 10.0. The highest BCUT2D eigenvalue weighted by Crippen LogP contribution is 2.20. The van der Waals surface area contributed by atoms with Crippen molar-refractivity contribution in [1.29, 1.82) is 0 Å². The quantitative estimate of drug-likeness (QED) is 0.252. The maximum Gasteiger partial charge on any atom is 0.420 e. The van der Waals surface area contributed by atoms with E-state index in [1.165, 1.54) is 41.5 Å². The number of carbonyl (C=O) groups excluding carboxylic acids is 4. The predicted octanol–water partition coefficient (Wildman–Crippen LogP) is 2.30. The Balaban J connectivity index is 6.11. The van der Waals surface area contributed by atoms with Crippen LogP contribution >= 0.6 is 0 Å². The van der Waals surface area contributed by atoms with E-state index in [0.29, 0.717) is 4.90 Å². The predicted molar refractivity (Wildman–Crippen MR) is 102 cm³/mol. The van der Waals surface area contributed by atoms with Gasteiger partial charge in [-0.25, -0.2) is 14.4 Å². The summed E-state index contributed by atoms with van der Waals surface area (Å²) >= 11 is 0. The number of hydrogen-bond acceptors (Lipinski definition) is 10. The molecule has 172 valence electrons. The van der Waals surface area contributed by atoms with E-state index in [-0.39, 0.29) is 0 Å². The second-order valence-electron chi connectivity index (χ2n) is 8.35. The number of amides is 2. The van der Waals surface area contributed by atoms with E-state index >= 15 is 0 Å². The number of rotatable bonds is 7. The first-order valence-corrected chi connectivity index (χ1v) is 9.08. The first-order chi connectivity index (χ1) is 13.5. The molecule has 0 radical (unpaired) electrons. The monoisotopic (exact) mass is 434 g/mol. The van der Waals surface area contributed by atoms with Crippen LogP contribution in [0.2, 0.25) is 0 Å². The van der Waals surface area contributed by atoms with E-state index in [9.17, 15) is 29.3 Å². The molecule has 2 amide bonds. The Hall–Kier alpha value is -2.92. The zero-order chi connectivity index (χ0) is 23.9. The van der Waals surface area contributed by atoms with Gasteiger partial charge in [0.15, 0.2) is 12.6 Å². The zero-order valence-electron chi connectivity index (χ0n) is 18.5. The van der Waals surface area contributed by atoms with Gasteiger partial charge in [-0.15, -0.1) is 0 Å². The van der Waals surface area contributed by atoms with Crippen molar-refractivity contribution in [1.82, 2.24) is 4.90 Å². The summed E-state index contributed by atoms with van der Waals surface area (Å²) in [5.41, 5.74) is -2.09. The standard InChI is InChI=1S/C18H30N2O10/c1-11(21)28-10-12(20(25)26)9-13(14(22)27-8)19(15(23)29-17(2,3)4)16(24)30-18(5,6)7/h12-13H,9-10H2,1-8H3/t12?,13-/m0/s1. The molecule has 0 N–H and O–H groups in total. The highest BCUT2D eigenvalue weighted by Gasteiger charge is 2.44. The van der Waals surface area contributed by atoms with Gasteiger partial charge in [0.25, 0.3) is 0 Å². The second-order valence-corrected chi connectivity index (χ2v) is 8.35. The molecule has 0 rings (SSSR count). The van der Waals surface area contributed by atoms with Gasteiger partial charge in [0, 0.05) is 11.8 Å². The smallest absolute Gasteiger partial charge is 0.420 e. The van der Waals surface area contributed by atoms with Crippen LogP contribution in [0.25, 0.3) is 0 Å². The molecule has 2 atom stereocenters. The van der Waals surface area contributed by atoms with E-state index in [2.05, 4.69) is 9.47 Å². The molecular weight excluding hydrogens is 404 g/mol. The summed E-state index contributed by atoms with van der Waals surface area (Å²) in [7, 11) is 0.991. The Labute approximate surface area is 174 Å². The maximum absolute atomic E-state index is 12.7. The summed E-state index contributed by atoms with van der Waals surface area (Å²) in [6.45, 7) is 9.59. The van der Waals surface area contributed by atoms with Crippen LogP contribution in [-0.2, 0) is 28.5 Å². The lowest BCUT2D eigenvalue weighted by atomic mass is 10.1. The molecule has 0 aliphatic carbocycles. The van der Waals surface area contributed by atoms with E-state index in [0.717, 1.165) is 14.0 Å². The number of imide groups is 1. The van der Waals surface area contributed by atoms with Gasteiger partial charge in [-0.2, -0.15) is 4.90 Å². The number of nitrogens with zero attached hydrogens (tertiary/aromatic N) is 2. The first-order valence-electron chi connectivity index (χ1n) is 9.08. The Kier molecular flexibility index (Phi) is 9.70. The highest BCUT2D eigenvalue weighted by molar-refractivity contribution is 5.94. The number of carbonyl (C=O) groups is 4. The van der Waals surface area contributed by atoms with Crippen molar-refractivity contribution in [2.75, 3.05) is 13.7 Å². The molecule has 12 heteroatoms. The fourth-order valence-electron chi connectivity index (χ4n) is 2.08. The van der Waals surface area contributed by atoms with Crippen LogP contribution < -0.4 is 0 Å². The largest absolute Gasteiger partial charge is 0.467 e. The number of ether oxygens (including phenoxy) is 4. The summed E-state index contributed by atoms with van der Waals surface area (Å²) in [5.74, 6) is -1.88. The zero-order valence-corrected chi connectivity index (χ0v) is 18.5. The molecule has 0 aromatic rings. The molecule has 0 saturated heterocycles. The van der Waals surface area contributed by atoms with E-state index in [1.807, 2.05) is 0 Å². The Bertz CT molecular complexity index is 635. The van der Waals surface area contributed by atoms with E-state index < -0.39 is 65.4 Å². The van der Waals surface area contributed by atoms with Gasteiger partial charge < -0.3 is 18.9 Å². The molecule has 0 aromatic carbocycles. The molecule has 0 fully saturated rings. The minimum absolute atomic E-state index is 0.340. The van der Waals surface area contributed by atoms with Crippen LogP contribution in [0, 0.1) is 10.1 Å². The molecule has 0 saturated carbocycles. The molecule has 0 aromatic heterocycles. The normalized spacial score (nSPS) is 13.5. The second kappa shape index (κ2) is 10.7. The van der Waals surface area contributed by atoms with Gasteiger partial charge in [-0.05, 0) is 41.5 Å². The SMILES string of the molecule is COC(=O)[C@H](CC(COC(C)=O)[N+](=O)[O-])N(C(=O)OC(C)(C)C)C(=O)OC(C)(C)C. The Morgan fingerprint density at radius 3 is 1.70 bits per heavy atom. The maximum atomic E-state index is 12.7. The molecule has 0 heterocycles. The van der Waals surface area contributed by atoms with E-state index in [4.69, 9.17) is 9.47 Å². The van der Waals surface area contributed by atoms with Crippen LogP contribution in [0.15, 0.2) is 0 Å². The van der Waals surface area contributed by atoms with Crippen molar-refractivity contribution in [3.05, 3.63) is 10.1 Å². The lowest BCUT2D eigenvalue weighted by Crippen LogP contribution is -2.54. The molecule has 1 unspecified atom stereocenters. The summed E-state index contributed by atoms with van der Waals surface area (Å²) in [6.07, 6.45) is -3.19. The van der Waals surface area contributed by atoms with Crippen molar-refractivity contribution in [3.63, 3.8) is 0 Å².